The topological polar surface area (TPSA) is 82.1 Å². The van der Waals surface area contributed by atoms with Crippen molar-refractivity contribution in [3.8, 4) is 0 Å². The molecule has 0 rings (SSSR count). The van der Waals surface area contributed by atoms with Crippen LogP contribution in [-0.4, -0.2) is 49.1 Å². The Morgan fingerprint density at radius 1 is 0.727 bits per heavy atom. The van der Waals surface area contributed by atoms with E-state index < -0.39 is 24.1 Å². The van der Waals surface area contributed by atoms with Gasteiger partial charge in [0.15, 0.2) is 0 Å². The van der Waals surface area contributed by atoms with Gasteiger partial charge in [0.2, 0.25) is 0 Å². The molecule has 0 amide bonds. The zero-order chi connectivity index (χ0) is 24.6. The number of esters is 2. The lowest BCUT2D eigenvalue weighted by Crippen LogP contribution is -2.26. The highest BCUT2D eigenvalue weighted by atomic mass is 16.6. The summed E-state index contributed by atoms with van der Waals surface area (Å²) in [6, 6.07) is 0. The minimum Gasteiger partial charge on any atom is -0.463 e. The number of aliphatic hydroxyl groups is 1. The first-order chi connectivity index (χ1) is 16.0. The quantitative estimate of drug-likeness (QED) is 0.127. The predicted molar refractivity (Wildman–Crippen MR) is 133 cm³/mol. The van der Waals surface area contributed by atoms with Crippen LogP contribution >= 0.6 is 0 Å². The molecule has 0 aliphatic heterocycles. The number of carbonyl (C=O) groups is 2. The Bertz CT molecular complexity index is 454. The molecule has 0 bridgehead atoms. The molecule has 0 aromatic heterocycles. The molecule has 0 radical (unpaired) electrons. The largest absolute Gasteiger partial charge is 0.463 e. The minimum atomic E-state index is -0.834. The van der Waals surface area contributed by atoms with Gasteiger partial charge in [0.25, 0.3) is 0 Å². The smallest absolute Gasteiger partial charge is 0.309 e. The summed E-state index contributed by atoms with van der Waals surface area (Å²) in [5.41, 5.74) is 0. The van der Waals surface area contributed by atoms with E-state index in [9.17, 15) is 14.7 Å². The van der Waals surface area contributed by atoms with E-state index in [1.807, 2.05) is 6.92 Å². The van der Waals surface area contributed by atoms with Crippen LogP contribution in [0, 0.1) is 0 Å². The molecule has 0 saturated carbocycles. The highest BCUT2D eigenvalue weighted by Gasteiger charge is 2.17. The van der Waals surface area contributed by atoms with Crippen LogP contribution in [0.2, 0.25) is 0 Å². The molecule has 0 spiro atoms. The molecule has 0 aliphatic carbocycles. The standard InChI is InChI=1S/C27H52O6/c1-4-6-7-8-9-10-11-12-13-14-15-16-17-18-19-20-31-22-25(29)23-32-27(30)21-26(5-2)33-24(3)28/h25-26,29H,4-23H2,1-3H3. The molecule has 0 fully saturated rings. The van der Waals surface area contributed by atoms with Crippen LogP contribution in [0.15, 0.2) is 0 Å². The maximum atomic E-state index is 11.8. The lowest BCUT2D eigenvalue weighted by molar-refractivity contribution is -0.155. The van der Waals surface area contributed by atoms with Crippen molar-refractivity contribution in [1.29, 1.82) is 0 Å². The average Bonchev–Trinajstić information content (AvgIpc) is 2.79. The van der Waals surface area contributed by atoms with Crippen LogP contribution in [0.25, 0.3) is 0 Å². The van der Waals surface area contributed by atoms with E-state index in [-0.39, 0.29) is 19.6 Å². The number of hydrogen-bond acceptors (Lipinski definition) is 6. The summed E-state index contributed by atoms with van der Waals surface area (Å²) in [5, 5.41) is 9.87. The minimum absolute atomic E-state index is 0.00276. The van der Waals surface area contributed by atoms with Crippen molar-refractivity contribution < 1.29 is 28.9 Å². The Kier molecular flexibility index (Phi) is 23.2. The third-order valence-electron chi connectivity index (χ3n) is 5.82. The molecule has 0 aliphatic rings. The SMILES string of the molecule is CCCCCCCCCCCCCCCCCOCC(O)COC(=O)CC(CC)OC(C)=O. The fraction of sp³-hybridized carbons (Fsp3) is 0.926. The second kappa shape index (κ2) is 24.0. The first-order valence-electron chi connectivity index (χ1n) is 13.6. The summed E-state index contributed by atoms with van der Waals surface area (Å²) in [5.74, 6) is -0.897. The van der Waals surface area contributed by atoms with E-state index in [4.69, 9.17) is 14.2 Å². The second-order valence-electron chi connectivity index (χ2n) is 9.21. The fourth-order valence-electron chi connectivity index (χ4n) is 3.78. The van der Waals surface area contributed by atoms with Crippen molar-refractivity contribution in [2.24, 2.45) is 0 Å². The molecule has 2 atom stereocenters. The average molecular weight is 473 g/mol. The molecule has 196 valence electrons. The van der Waals surface area contributed by atoms with E-state index in [0.717, 1.165) is 12.8 Å². The molecule has 0 aromatic rings. The van der Waals surface area contributed by atoms with Gasteiger partial charge >= 0.3 is 11.9 Å². The number of aliphatic hydroxyl groups excluding tert-OH is 1. The Morgan fingerprint density at radius 2 is 1.21 bits per heavy atom. The third-order valence-corrected chi connectivity index (χ3v) is 5.82. The fourth-order valence-corrected chi connectivity index (χ4v) is 3.78. The zero-order valence-electron chi connectivity index (χ0n) is 21.8. The number of hydrogen-bond donors (Lipinski definition) is 1. The Balaban J connectivity index is 3.38. The van der Waals surface area contributed by atoms with Crippen molar-refractivity contribution >= 4 is 11.9 Å². The lowest BCUT2D eigenvalue weighted by atomic mass is 10.0. The van der Waals surface area contributed by atoms with E-state index in [2.05, 4.69) is 6.92 Å². The van der Waals surface area contributed by atoms with Crippen molar-refractivity contribution in [3.63, 3.8) is 0 Å². The monoisotopic (exact) mass is 472 g/mol. The first kappa shape index (κ1) is 31.9. The normalized spacial score (nSPS) is 13.0. The van der Waals surface area contributed by atoms with Gasteiger partial charge in [-0.3, -0.25) is 9.59 Å². The third kappa shape index (κ3) is 23.8. The molecule has 6 heteroatoms. The Morgan fingerprint density at radius 3 is 1.67 bits per heavy atom. The summed E-state index contributed by atoms with van der Waals surface area (Å²) >= 11 is 0. The Labute approximate surface area is 203 Å². The summed E-state index contributed by atoms with van der Waals surface area (Å²) in [7, 11) is 0. The first-order valence-corrected chi connectivity index (χ1v) is 13.6. The molecular formula is C27H52O6. The van der Waals surface area contributed by atoms with E-state index >= 15 is 0 Å². The summed E-state index contributed by atoms with van der Waals surface area (Å²) in [6.45, 7) is 6.09. The van der Waals surface area contributed by atoms with Crippen molar-refractivity contribution in [2.45, 2.75) is 142 Å². The zero-order valence-corrected chi connectivity index (χ0v) is 21.8. The predicted octanol–water partition coefficient (Wildman–Crippen LogP) is 6.51. The van der Waals surface area contributed by atoms with Crippen molar-refractivity contribution in [1.82, 2.24) is 0 Å². The summed E-state index contributed by atoms with van der Waals surface area (Å²) in [6.07, 6.45) is 19.2. The molecule has 0 saturated heterocycles. The molecule has 2 unspecified atom stereocenters. The summed E-state index contributed by atoms with van der Waals surface area (Å²) in [4.78, 5) is 22.7. The van der Waals surface area contributed by atoms with E-state index in [1.54, 1.807) is 0 Å². The highest BCUT2D eigenvalue weighted by Crippen LogP contribution is 2.13. The highest BCUT2D eigenvalue weighted by molar-refractivity contribution is 5.71. The number of rotatable bonds is 24. The van der Waals surface area contributed by atoms with Crippen LogP contribution in [0.1, 0.15) is 130 Å². The Hall–Kier alpha value is -1.14. The molecule has 0 aromatic carbocycles. The number of unbranched alkanes of at least 4 members (excludes halogenated alkanes) is 14. The van der Waals surface area contributed by atoms with Crippen molar-refractivity contribution in [2.75, 3.05) is 19.8 Å². The molecular weight excluding hydrogens is 420 g/mol. The maximum Gasteiger partial charge on any atom is 0.309 e. The van der Waals surface area contributed by atoms with Gasteiger partial charge in [-0.2, -0.15) is 0 Å². The van der Waals surface area contributed by atoms with E-state index in [1.165, 1.54) is 90.4 Å². The lowest BCUT2D eigenvalue weighted by Gasteiger charge is -2.15. The molecule has 33 heavy (non-hydrogen) atoms. The van der Waals surface area contributed by atoms with Crippen LogP contribution in [0.3, 0.4) is 0 Å². The van der Waals surface area contributed by atoms with Crippen LogP contribution < -0.4 is 0 Å². The van der Waals surface area contributed by atoms with Gasteiger partial charge in [0.05, 0.1) is 13.0 Å². The summed E-state index contributed by atoms with van der Waals surface area (Å²) < 4.78 is 15.5. The number of carbonyl (C=O) groups excluding carboxylic acids is 2. The van der Waals surface area contributed by atoms with Crippen LogP contribution in [0.4, 0.5) is 0 Å². The van der Waals surface area contributed by atoms with Gasteiger partial charge < -0.3 is 19.3 Å². The van der Waals surface area contributed by atoms with Gasteiger partial charge in [0, 0.05) is 13.5 Å². The van der Waals surface area contributed by atoms with Gasteiger partial charge in [-0.05, 0) is 12.8 Å². The van der Waals surface area contributed by atoms with E-state index in [0.29, 0.717) is 13.0 Å². The number of ether oxygens (including phenoxy) is 3. The second-order valence-corrected chi connectivity index (χ2v) is 9.21. The van der Waals surface area contributed by atoms with Gasteiger partial charge in [-0.25, -0.2) is 0 Å². The maximum absolute atomic E-state index is 11.8. The van der Waals surface area contributed by atoms with Gasteiger partial charge in [-0.15, -0.1) is 0 Å². The van der Waals surface area contributed by atoms with Crippen LogP contribution in [0.5, 0.6) is 0 Å². The molecule has 1 N–H and O–H groups in total. The molecule has 0 heterocycles. The molecule has 6 nitrogen and oxygen atoms in total. The van der Waals surface area contributed by atoms with Gasteiger partial charge in [-0.1, -0.05) is 104 Å². The van der Waals surface area contributed by atoms with Gasteiger partial charge in [0.1, 0.15) is 18.8 Å². The van der Waals surface area contributed by atoms with Crippen LogP contribution in [-0.2, 0) is 23.8 Å². The van der Waals surface area contributed by atoms with Crippen molar-refractivity contribution in [3.05, 3.63) is 0 Å².